The van der Waals surface area contributed by atoms with Crippen LogP contribution < -0.4 is 10.5 Å². The molecule has 1 aliphatic carbocycles. The predicted molar refractivity (Wildman–Crippen MR) is 99.4 cm³/mol. The van der Waals surface area contributed by atoms with E-state index in [1.165, 1.54) is 6.92 Å². The fourth-order valence-corrected chi connectivity index (χ4v) is 5.26. The van der Waals surface area contributed by atoms with Crippen molar-refractivity contribution in [1.29, 1.82) is 0 Å². The maximum atomic E-state index is 13.0. The highest BCUT2D eigenvalue weighted by Gasteiger charge is 2.33. The number of rotatable bonds is 4. The van der Waals surface area contributed by atoms with Crippen molar-refractivity contribution in [3.8, 4) is 0 Å². The van der Waals surface area contributed by atoms with Crippen LogP contribution >= 0.6 is 0 Å². The number of sulfonamides is 1. The van der Waals surface area contributed by atoms with Crippen molar-refractivity contribution in [1.82, 2.24) is 4.72 Å². The van der Waals surface area contributed by atoms with Gasteiger partial charge in [-0.1, -0.05) is 18.2 Å². The third-order valence-corrected chi connectivity index (χ3v) is 6.41. The first-order chi connectivity index (χ1) is 12.2. The van der Waals surface area contributed by atoms with Crippen molar-refractivity contribution < 1.29 is 13.3 Å². The smallest absolute Gasteiger partial charge is 0.292 e. The van der Waals surface area contributed by atoms with E-state index in [9.17, 15) is 18.5 Å². The number of nitro benzene ring substituents is 1. The van der Waals surface area contributed by atoms with Crippen LogP contribution in [-0.4, -0.2) is 13.3 Å². The fourth-order valence-electron chi connectivity index (χ4n) is 3.54. The number of aryl methyl sites for hydroxylation is 3. The second-order valence-corrected chi connectivity index (χ2v) is 8.31. The minimum Gasteiger partial charge on any atom is -0.399 e. The molecule has 0 saturated carbocycles. The molecule has 0 heterocycles. The monoisotopic (exact) mass is 375 g/mol. The van der Waals surface area contributed by atoms with Gasteiger partial charge in [0.25, 0.3) is 5.69 Å². The molecule has 0 fully saturated rings. The Labute approximate surface area is 152 Å². The third-order valence-electron chi connectivity index (χ3n) is 4.76. The Morgan fingerprint density at radius 2 is 1.88 bits per heavy atom. The molecule has 1 unspecified atom stereocenters. The summed E-state index contributed by atoms with van der Waals surface area (Å²) in [6.45, 7) is 3.10. The Balaban J connectivity index is 2.05. The van der Waals surface area contributed by atoms with Crippen LogP contribution in [0.5, 0.6) is 0 Å². The van der Waals surface area contributed by atoms with Gasteiger partial charge >= 0.3 is 0 Å². The summed E-state index contributed by atoms with van der Waals surface area (Å²) in [5.41, 5.74) is 8.65. The topological polar surface area (TPSA) is 115 Å². The van der Waals surface area contributed by atoms with Crippen LogP contribution in [0.1, 0.15) is 41.1 Å². The molecule has 0 amide bonds. The molecule has 26 heavy (non-hydrogen) atoms. The van der Waals surface area contributed by atoms with Crippen molar-refractivity contribution in [3.63, 3.8) is 0 Å². The van der Waals surface area contributed by atoms with Gasteiger partial charge in [0.1, 0.15) is 0 Å². The Morgan fingerprint density at radius 3 is 2.58 bits per heavy atom. The van der Waals surface area contributed by atoms with E-state index in [4.69, 9.17) is 5.73 Å². The standard InChI is InChI=1S/C18H21N3O4S/c1-11-6-7-12(2)18(17(11)21(22)23)26(24,25)20-16-5-3-4-13-10-14(19)8-9-15(13)16/h6-10,16,20H,3-5,19H2,1-2H3. The minimum absolute atomic E-state index is 0.259. The Bertz CT molecular complexity index is 986. The van der Waals surface area contributed by atoms with Crippen LogP contribution in [0.3, 0.4) is 0 Å². The molecule has 0 aliphatic heterocycles. The molecular weight excluding hydrogens is 354 g/mol. The van der Waals surface area contributed by atoms with Gasteiger partial charge in [0.2, 0.25) is 10.0 Å². The molecule has 7 nitrogen and oxygen atoms in total. The summed E-state index contributed by atoms with van der Waals surface area (Å²) in [6, 6.07) is 8.15. The van der Waals surface area contributed by atoms with Crippen LogP contribution in [0.4, 0.5) is 11.4 Å². The first-order valence-corrected chi connectivity index (χ1v) is 9.84. The number of nitrogens with two attached hydrogens (primary N) is 1. The van der Waals surface area contributed by atoms with Crippen LogP contribution in [0.15, 0.2) is 35.2 Å². The Kier molecular flexibility index (Phi) is 4.72. The van der Waals surface area contributed by atoms with Gasteiger partial charge in [-0.3, -0.25) is 10.1 Å². The molecule has 1 atom stereocenters. The highest BCUT2D eigenvalue weighted by Crippen LogP contribution is 2.35. The van der Waals surface area contributed by atoms with E-state index in [2.05, 4.69) is 4.72 Å². The largest absolute Gasteiger partial charge is 0.399 e. The molecule has 0 spiro atoms. The van der Waals surface area contributed by atoms with Crippen LogP contribution in [0.2, 0.25) is 0 Å². The molecule has 1 aliphatic rings. The molecule has 138 valence electrons. The summed E-state index contributed by atoms with van der Waals surface area (Å²) in [4.78, 5) is 10.6. The van der Waals surface area contributed by atoms with E-state index in [-0.39, 0.29) is 10.6 Å². The van der Waals surface area contributed by atoms with Crippen LogP contribution in [0.25, 0.3) is 0 Å². The first kappa shape index (κ1) is 18.3. The van der Waals surface area contributed by atoms with Crippen molar-refractivity contribution in [2.24, 2.45) is 0 Å². The lowest BCUT2D eigenvalue weighted by Crippen LogP contribution is -2.32. The van der Waals surface area contributed by atoms with Crippen molar-refractivity contribution in [3.05, 3.63) is 62.7 Å². The van der Waals surface area contributed by atoms with E-state index in [1.807, 2.05) is 12.1 Å². The van der Waals surface area contributed by atoms with Gasteiger partial charge in [0.05, 0.1) is 4.92 Å². The number of fused-ring (bicyclic) bond motifs is 1. The number of hydrogen-bond acceptors (Lipinski definition) is 5. The number of nitrogen functional groups attached to an aromatic ring is 1. The van der Waals surface area contributed by atoms with E-state index in [0.29, 0.717) is 23.2 Å². The summed E-state index contributed by atoms with van der Waals surface area (Å²) in [7, 11) is -4.06. The number of benzene rings is 2. The summed E-state index contributed by atoms with van der Waals surface area (Å²) in [5, 5.41) is 11.5. The number of nitro groups is 1. The maximum absolute atomic E-state index is 13.0. The van der Waals surface area contributed by atoms with Crippen LogP contribution in [-0.2, 0) is 16.4 Å². The lowest BCUT2D eigenvalue weighted by molar-refractivity contribution is -0.388. The van der Waals surface area contributed by atoms with Gasteiger partial charge in [0, 0.05) is 17.3 Å². The van der Waals surface area contributed by atoms with E-state index >= 15 is 0 Å². The van der Waals surface area contributed by atoms with Gasteiger partial charge in [-0.05, 0) is 61.9 Å². The molecule has 3 N–H and O–H groups in total. The zero-order chi connectivity index (χ0) is 19.1. The summed E-state index contributed by atoms with van der Waals surface area (Å²) < 4.78 is 28.7. The van der Waals surface area contributed by atoms with E-state index < -0.39 is 21.0 Å². The van der Waals surface area contributed by atoms with Gasteiger partial charge in [-0.15, -0.1) is 0 Å². The molecule has 2 aromatic rings. The molecule has 0 aromatic heterocycles. The summed E-state index contributed by atoms with van der Waals surface area (Å²) >= 11 is 0. The molecule has 0 bridgehead atoms. The van der Waals surface area contributed by atoms with Crippen molar-refractivity contribution in [2.75, 3.05) is 5.73 Å². The summed E-state index contributed by atoms with van der Waals surface area (Å²) in [5.74, 6) is 0. The first-order valence-electron chi connectivity index (χ1n) is 8.36. The molecular formula is C18H21N3O4S. The maximum Gasteiger partial charge on any atom is 0.292 e. The quantitative estimate of drug-likeness (QED) is 0.484. The number of nitrogens with one attached hydrogen (secondary N) is 1. The highest BCUT2D eigenvalue weighted by atomic mass is 32.2. The van der Waals surface area contributed by atoms with Gasteiger partial charge in [-0.25, -0.2) is 13.1 Å². The molecule has 0 saturated heterocycles. The van der Waals surface area contributed by atoms with Crippen LogP contribution in [0, 0.1) is 24.0 Å². The van der Waals surface area contributed by atoms with Crippen molar-refractivity contribution in [2.45, 2.75) is 44.0 Å². The molecule has 8 heteroatoms. The lowest BCUT2D eigenvalue weighted by Gasteiger charge is -2.26. The van der Waals surface area contributed by atoms with Crippen molar-refractivity contribution >= 4 is 21.4 Å². The van der Waals surface area contributed by atoms with Gasteiger partial charge in [0.15, 0.2) is 4.90 Å². The highest BCUT2D eigenvalue weighted by molar-refractivity contribution is 7.89. The molecule has 0 radical (unpaired) electrons. The predicted octanol–water partition coefficient (Wildman–Crippen LogP) is 3.15. The second-order valence-electron chi connectivity index (χ2n) is 6.66. The van der Waals surface area contributed by atoms with E-state index in [1.54, 1.807) is 25.1 Å². The number of nitrogens with zero attached hydrogens (tertiary/aromatic N) is 1. The Hall–Kier alpha value is -2.45. The van der Waals surface area contributed by atoms with E-state index in [0.717, 1.165) is 24.0 Å². The molecule has 3 rings (SSSR count). The Morgan fingerprint density at radius 1 is 1.19 bits per heavy atom. The third kappa shape index (κ3) is 3.30. The van der Waals surface area contributed by atoms with Gasteiger partial charge in [-0.2, -0.15) is 0 Å². The van der Waals surface area contributed by atoms with Gasteiger partial charge < -0.3 is 5.73 Å². The average Bonchev–Trinajstić information content (AvgIpc) is 2.55. The number of anilines is 1. The summed E-state index contributed by atoms with van der Waals surface area (Å²) in [6.07, 6.45) is 2.29. The normalized spacial score (nSPS) is 16.9. The molecule has 2 aromatic carbocycles. The average molecular weight is 375 g/mol. The fraction of sp³-hybridized carbons (Fsp3) is 0.333. The zero-order valence-electron chi connectivity index (χ0n) is 14.7. The minimum atomic E-state index is -4.06. The second kappa shape index (κ2) is 6.69. The number of hydrogen-bond donors (Lipinski definition) is 2. The zero-order valence-corrected chi connectivity index (χ0v) is 15.5. The lowest BCUT2D eigenvalue weighted by atomic mass is 9.88. The SMILES string of the molecule is Cc1ccc(C)c(S(=O)(=O)NC2CCCc3cc(N)ccc32)c1[N+](=O)[O-].